The first-order valence-electron chi connectivity index (χ1n) is 7.84. The van der Waals surface area contributed by atoms with Gasteiger partial charge in [0.2, 0.25) is 10.0 Å². The summed E-state index contributed by atoms with van der Waals surface area (Å²) in [5.41, 5.74) is 0.211. The van der Waals surface area contributed by atoms with E-state index >= 15 is 0 Å². The van der Waals surface area contributed by atoms with E-state index in [1.54, 1.807) is 12.1 Å². The van der Waals surface area contributed by atoms with Gasteiger partial charge >= 0.3 is 0 Å². The highest BCUT2D eigenvalue weighted by Gasteiger charge is 2.21. The number of hydrogen-bond donors (Lipinski definition) is 1. The fourth-order valence-corrected chi connectivity index (χ4v) is 4.38. The van der Waals surface area contributed by atoms with E-state index < -0.39 is 21.7 Å². The molecule has 0 saturated heterocycles. The highest BCUT2D eigenvalue weighted by atomic mass is 32.2. The van der Waals surface area contributed by atoms with Crippen LogP contribution >= 0.6 is 11.3 Å². The van der Waals surface area contributed by atoms with Gasteiger partial charge in [-0.05, 0) is 36.4 Å². The predicted molar refractivity (Wildman–Crippen MR) is 104 cm³/mol. The molecule has 0 aliphatic carbocycles. The number of methoxy groups -OCH3 is 1. The maximum absolute atomic E-state index is 13.9. The van der Waals surface area contributed by atoms with Crippen LogP contribution in [0.1, 0.15) is 9.67 Å². The first kappa shape index (κ1) is 19.3. The van der Waals surface area contributed by atoms with Crippen molar-refractivity contribution in [1.29, 1.82) is 0 Å². The molecule has 0 atom stereocenters. The molecule has 3 aromatic rings. The van der Waals surface area contributed by atoms with Crippen LogP contribution in [0.5, 0.6) is 5.75 Å². The van der Waals surface area contributed by atoms with Crippen molar-refractivity contribution in [2.75, 3.05) is 26.5 Å². The van der Waals surface area contributed by atoms with Gasteiger partial charge < -0.3 is 10.1 Å². The summed E-state index contributed by atoms with van der Waals surface area (Å²) in [6.07, 6.45) is 0. The molecule has 0 bridgehead atoms. The smallest absolute Gasteiger partial charge is 0.265 e. The van der Waals surface area contributed by atoms with Crippen molar-refractivity contribution in [3.8, 4) is 5.75 Å². The average molecular weight is 408 g/mol. The Morgan fingerprint density at radius 1 is 1.19 bits per heavy atom. The number of fused-ring (bicyclic) bond motifs is 1. The van der Waals surface area contributed by atoms with Crippen LogP contribution in [0.15, 0.2) is 47.4 Å². The lowest BCUT2D eigenvalue weighted by atomic mass is 10.2. The largest absolute Gasteiger partial charge is 0.495 e. The Morgan fingerprint density at radius 2 is 1.93 bits per heavy atom. The number of hydrogen-bond acceptors (Lipinski definition) is 5. The van der Waals surface area contributed by atoms with Gasteiger partial charge in [-0.3, -0.25) is 4.79 Å². The normalized spacial score (nSPS) is 11.7. The number of anilines is 1. The van der Waals surface area contributed by atoms with Gasteiger partial charge in [-0.2, -0.15) is 0 Å². The number of halogens is 1. The molecular weight excluding hydrogens is 391 g/mol. The average Bonchev–Trinajstić information content (AvgIpc) is 3.07. The molecule has 1 aromatic heterocycles. The van der Waals surface area contributed by atoms with Gasteiger partial charge in [0.05, 0.1) is 22.6 Å². The van der Waals surface area contributed by atoms with Crippen LogP contribution in [-0.2, 0) is 10.0 Å². The number of ether oxygens (including phenoxy) is 1. The molecule has 0 spiro atoms. The highest BCUT2D eigenvalue weighted by molar-refractivity contribution is 7.89. The quantitative estimate of drug-likeness (QED) is 0.701. The van der Waals surface area contributed by atoms with Gasteiger partial charge in [-0.1, -0.05) is 6.07 Å². The molecule has 27 heavy (non-hydrogen) atoms. The molecule has 2 aromatic carbocycles. The molecule has 142 valence electrons. The van der Waals surface area contributed by atoms with Crippen molar-refractivity contribution in [3.05, 3.63) is 53.2 Å². The Kier molecular flexibility index (Phi) is 5.18. The van der Waals surface area contributed by atoms with E-state index in [1.807, 2.05) is 0 Å². The lowest BCUT2D eigenvalue weighted by Gasteiger charge is -2.15. The Bertz CT molecular complexity index is 1120. The van der Waals surface area contributed by atoms with Crippen molar-refractivity contribution in [2.45, 2.75) is 4.90 Å². The molecule has 0 aliphatic heterocycles. The van der Waals surface area contributed by atoms with Gasteiger partial charge in [0, 0.05) is 24.2 Å². The van der Waals surface area contributed by atoms with E-state index in [2.05, 4.69) is 5.32 Å². The second kappa shape index (κ2) is 7.26. The van der Waals surface area contributed by atoms with Crippen LogP contribution < -0.4 is 10.1 Å². The van der Waals surface area contributed by atoms with Gasteiger partial charge in [-0.25, -0.2) is 17.1 Å². The Balaban J connectivity index is 1.98. The molecule has 0 radical (unpaired) electrons. The lowest BCUT2D eigenvalue weighted by Crippen LogP contribution is -2.22. The summed E-state index contributed by atoms with van der Waals surface area (Å²) in [7, 11) is 0.586. The van der Waals surface area contributed by atoms with Crippen LogP contribution in [-0.4, -0.2) is 39.8 Å². The Hall–Kier alpha value is -2.49. The lowest BCUT2D eigenvalue weighted by molar-refractivity contribution is 0.103. The summed E-state index contributed by atoms with van der Waals surface area (Å²) >= 11 is 1.15. The van der Waals surface area contributed by atoms with Crippen molar-refractivity contribution >= 4 is 43.0 Å². The van der Waals surface area contributed by atoms with Crippen LogP contribution in [0, 0.1) is 5.82 Å². The monoisotopic (exact) mass is 408 g/mol. The summed E-state index contributed by atoms with van der Waals surface area (Å²) in [5.74, 6) is -0.568. The minimum Gasteiger partial charge on any atom is -0.495 e. The van der Waals surface area contributed by atoms with Crippen molar-refractivity contribution in [2.24, 2.45) is 0 Å². The maximum atomic E-state index is 13.9. The number of thiophene rings is 1. The molecular formula is C18H17FN2O4S2. The number of rotatable bonds is 5. The first-order valence-corrected chi connectivity index (χ1v) is 10.1. The van der Waals surface area contributed by atoms with Crippen LogP contribution in [0.2, 0.25) is 0 Å². The topological polar surface area (TPSA) is 75.7 Å². The molecule has 3 rings (SSSR count). The standard InChI is InChI=1S/C18H17FN2O4S2/c1-21(2)27(23,24)11-7-8-15(25-3)14(9-11)20-18(22)17-10-12-13(19)5-4-6-16(12)26-17/h4-10H,1-3H3,(H,20,22). The van der Waals surface area contributed by atoms with E-state index in [4.69, 9.17) is 4.74 Å². The zero-order chi connectivity index (χ0) is 19.8. The number of nitrogens with zero attached hydrogens (tertiary/aromatic N) is 1. The maximum Gasteiger partial charge on any atom is 0.265 e. The van der Waals surface area contributed by atoms with Crippen molar-refractivity contribution in [1.82, 2.24) is 4.31 Å². The van der Waals surface area contributed by atoms with Gasteiger partial charge in [0.1, 0.15) is 11.6 Å². The Labute approximate surface area is 160 Å². The zero-order valence-electron chi connectivity index (χ0n) is 14.8. The van der Waals surface area contributed by atoms with E-state index in [0.717, 1.165) is 15.6 Å². The fraction of sp³-hybridized carbons (Fsp3) is 0.167. The minimum atomic E-state index is -3.67. The molecule has 1 amide bonds. The van der Waals surface area contributed by atoms with Gasteiger partial charge in [-0.15, -0.1) is 11.3 Å². The summed E-state index contributed by atoms with van der Waals surface area (Å²) in [6, 6.07) is 10.3. The number of nitrogens with one attached hydrogen (secondary N) is 1. The van der Waals surface area contributed by atoms with Crippen molar-refractivity contribution < 1.29 is 22.3 Å². The second-order valence-electron chi connectivity index (χ2n) is 5.87. The molecule has 0 fully saturated rings. The van der Waals surface area contributed by atoms with E-state index in [0.29, 0.717) is 20.7 Å². The van der Waals surface area contributed by atoms with Crippen LogP contribution in [0.4, 0.5) is 10.1 Å². The third kappa shape index (κ3) is 3.66. The molecule has 1 heterocycles. The fourth-order valence-electron chi connectivity index (χ4n) is 2.48. The molecule has 0 aliphatic rings. The predicted octanol–water partition coefficient (Wildman–Crippen LogP) is 3.55. The number of carbonyl (C=O) groups is 1. The summed E-state index contributed by atoms with van der Waals surface area (Å²) in [4.78, 5) is 12.9. The Morgan fingerprint density at radius 3 is 2.56 bits per heavy atom. The third-order valence-electron chi connectivity index (χ3n) is 3.93. The second-order valence-corrected chi connectivity index (χ2v) is 9.10. The highest BCUT2D eigenvalue weighted by Crippen LogP contribution is 2.31. The van der Waals surface area contributed by atoms with Crippen LogP contribution in [0.25, 0.3) is 10.1 Å². The molecule has 0 unspecified atom stereocenters. The van der Waals surface area contributed by atoms with Crippen LogP contribution in [0.3, 0.4) is 0 Å². The van der Waals surface area contributed by atoms with E-state index in [-0.39, 0.29) is 10.6 Å². The first-order chi connectivity index (χ1) is 12.7. The summed E-state index contributed by atoms with van der Waals surface area (Å²) in [6.45, 7) is 0. The molecule has 6 nitrogen and oxygen atoms in total. The molecule has 1 N–H and O–H groups in total. The SMILES string of the molecule is COc1ccc(S(=O)(=O)N(C)C)cc1NC(=O)c1cc2c(F)cccc2s1. The zero-order valence-corrected chi connectivity index (χ0v) is 16.4. The summed E-state index contributed by atoms with van der Waals surface area (Å²) in [5, 5.41) is 3.02. The number of benzene rings is 2. The van der Waals surface area contributed by atoms with E-state index in [9.17, 15) is 17.6 Å². The van der Waals surface area contributed by atoms with Crippen molar-refractivity contribution in [3.63, 3.8) is 0 Å². The molecule has 0 saturated carbocycles. The van der Waals surface area contributed by atoms with Gasteiger partial charge in [0.15, 0.2) is 0 Å². The number of amides is 1. The minimum absolute atomic E-state index is 0.0194. The van der Waals surface area contributed by atoms with Gasteiger partial charge in [0.25, 0.3) is 5.91 Å². The van der Waals surface area contributed by atoms with E-state index in [1.165, 1.54) is 51.5 Å². The summed E-state index contributed by atoms with van der Waals surface area (Å²) < 4.78 is 45.4. The molecule has 9 heteroatoms. The number of sulfonamides is 1. The number of carbonyl (C=O) groups excluding carboxylic acids is 1. The third-order valence-corrected chi connectivity index (χ3v) is 6.84.